The van der Waals surface area contributed by atoms with Crippen LogP contribution in [-0.4, -0.2) is 24.0 Å². The van der Waals surface area contributed by atoms with Crippen LogP contribution < -0.4 is 9.64 Å². The van der Waals surface area contributed by atoms with Gasteiger partial charge in [-0.05, 0) is 23.8 Å². The van der Waals surface area contributed by atoms with Gasteiger partial charge in [0.05, 0.1) is 0 Å². The van der Waals surface area contributed by atoms with Crippen LogP contribution in [0.1, 0.15) is 5.56 Å². The summed E-state index contributed by atoms with van der Waals surface area (Å²) in [5, 5.41) is 0. The summed E-state index contributed by atoms with van der Waals surface area (Å²) in [4.78, 5) is 17.5. The summed E-state index contributed by atoms with van der Waals surface area (Å²) in [6, 6.07) is 10.3. The number of likely N-dealkylation sites (N-methyl/N-ethyl adjacent to an activating group) is 1. The van der Waals surface area contributed by atoms with Crippen molar-refractivity contribution in [3.63, 3.8) is 0 Å². The Morgan fingerprint density at radius 2 is 2.15 bits per heavy atom. The van der Waals surface area contributed by atoms with Crippen molar-refractivity contribution in [3.05, 3.63) is 54.0 Å². The second kappa shape index (κ2) is 4.92. The molecular formula is C15H13FN2O2. The van der Waals surface area contributed by atoms with Crippen LogP contribution in [0.2, 0.25) is 0 Å². The second-order valence-corrected chi connectivity index (χ2v) is 4.62. The predicted molar refractivity (Wildman–Crippen MR) is 72.2 cm³/mol. The maximum Gasteiger partial charge on any atom is 0.269 e. The molecule has 2 aromatic rings. The molecule has 0 bridgehead atoms. The molecule has 0 saturated carbocycles. The van der Waals surface area contributed by atoms with Crippen molar-refractivity contribution in [2.24, 2.45) is 0 Å². The van der Waals surface area contributed by atoms with Crippen molar-refractivity contribution in [1.82, 2.24) is 4.98 Å². The predicted octanol–water partition coefficient (Wildman–Crippen LogP) is 2.19. The second-order valence-electron chi connectivity index (χ2n) is 4.62. The highest BCUT2D eigenvalue weighted by Crippen LogP contribution is 2.29. The molecule has 5 heteroatoms. The first-order valence-corrected chi connectivity index (χ1v) is 6.29. The quantitative estimate of drug-likeness (QED) is 0.841. The topological polar surface area (TPSA) is 42.4 Å². The zero-order valence-corrected chi connectivity index (χ0v) is 10.9. The van der Waals surface area contributed by atoms with E-state index in [9.17, 15) is 9.18 Å². The van der Waals surface area contributed by atoms with E-state index in [1.807, 2.05) is 24.3 Å². The fourth-order valence-corrected chi connectivity index (χ4v) is 2.26. The lowest BCUT2D eigenvalue weighted by Gasteiger charge is -2.20. The monoisotopic (exact) mass is 272 g/mol. The molecule has 102 valence electrons. The molecule has 1 aromatic carbocycles. The molecule has 20 heavy (non-hydrogen) atoms. The van der Waals surface area contributed by atoms with Crippen molar-refractivity contribution in [1.29, 1.82) is 0 Å². The summed E-state index contributed by atoms with van der Waals surface area (Å²) >= 11 is 0. The number of hydrogen-bond donors (Lipinski definition) is 0. The average Bonchev–Trinajstić information content (AvgIpc) is 2.90. The standard InChI is InChI=1S/C15H13FN2O2/c1-18(14-11(16)6-4-8-17-14)15(19)13-9-10-5-2-3-7-12(10)20-13/h2-8,13H,9H2,1H3/t13-/m1/s1. The molecule has 1 aromatic heterocycles. The van der Waals surface area contributed by atoms with Crippen LogP contribution in [0.15, 0.2) is 42.6 Å². The third-order valence-corrected chi connectivity index (χ3v) is 3.31. The van der Waals surface area contributed by atoms with E-state index in [-0.39, 0.29) is 11.7 Å². The number of anilines is 1. The van der Waals surface area contributed by atoms with Gasteiger partial charge in [-0.2, -0.15) is 0 Å². The number of pyridine rings is 1. The van der Waals surface area contributed by atoms with Gasteiger partial charge in [0.25, 0.3) is 5.91 Å². The van der Waals surface area contributed by atoms with E-state index < -0.39 is 11.9 Å². The Labute approximate surface area is 115 Å². The van der Waals surface area contributed by atoms with E-state index in [4.69, 9.17) is 4.74 Å². The number of fused-ring (bicyclic) bond motifs is 1. The number of halogens is 1. The van der Waals surface area contributed by atoms with E-state index in [0.29, 0.717) is 12.2 Å². The van der Waals surface area contributed by atoms with Gasteiger partial charge in [0.1, 0.15) is 5.75 Å². The Hall–Kier alpha value is -2.43. The number of benzene rings is 1. The highest BCUT2D eigenvalue weighted by molar-refractivity contribution is 5.96. The molecule has 1 aliphatic heterocycles. The van der Waals surface area contributed by atoms with Crippen LogP contribution in [-0.2, 0) is 11.2 Å². The number of rotatable bonds is 2. The Kier molecular flexibility index (Phi) is 3.10. The molecule has 0 N–H and O–H groups in total. The molecule has 1 amide bonds. The van der Waals surface area contributed by atoms with Gasteiger partial charge in [0, 0.05) is 19.7 Å². The highest BCUT2D eigenvalue weighted by Gasteiger charge is 2.32. The summed E-state index contributed by atoms with van der Waals surface area (Å²) in [6.45, 7) is 0. The van der Waals surface area contributed by atoms with Gasteiger partial charge in [-0.15, -0.1) is 0 Å². The number of carbonyl (C=O) groups is 1. The van der Waals surface area contributed by atoms with Crippen molar-refractivity contribution in [3.8, 4) is 5.75 Å². The molecule has 0 unspecified atom stereocenters. The van der Waals surface area contributed by atoms with Crippen LogP contribution in [0, 0.1) is 5.82 Å². The summed E-state index contributed by atoms with van der Waals surface area (Å²) < 4.78 is 19.3. The van der Waals surface area contributed by atoms with Crippen LogP contribution in [0.3, 0.4) is 0 Å². The first-order chi connectivity index (χ1) is 9.66. The molecule has 0 aliphatic carbocycles. The van der Waals surface area contributed by atoms with E-state index in [1.165, 1.54) is 30.3 Å². The SMILES string of the molecule is CN(C(=O)[C@H]1Cc2ccccc2O1)c1ncccc1F. The lowest BCUT2D eigenvalue weighted by atomic mass is 10.1. The average molecular weight is 272 g/mol. The molecule has 0 spiro atoms. The van der Waals surface area contributed by atoms with Crippen molar-refractivity contribution in [2.45, 2.75) is 12.5 Å². The Morgan fingerprint density at radius 3 is 2.90 bits per heavy atom. The van der Waals surface area contributed by atoms with Crippen LogP contribution in [0.25, 0.3) is 0 Å². The van der Waals surface area contributed by atoms with Gasteiger partial charge < -0.3 is 4.74 Å². The first kappa shape index (κ1) is 12.6. The minimum absolute atomic E-state index is 0.0112. The fraction of sp³-hybridized carbons (Fsp3) is 0.200. The molecule has 4 nitrogen and oxygen atoms in total. The van der Waals surface area contributed by atoms with Crippen molar-refractivity contribution in [2.75, 3.05) is 11.9 Å². The number of carbonyl (C=O) groups excluding carboxylic acids is 1. The smallest absolute Gasteiger partial charge is 0.269 e. The Balaban J connectivity index is 1.80. The zero-order chi connectivity index (χ0) is 14.1. The Morgan fingerprint density at radius 1 is 1.35 bits per heavy atom. The fourth-order valence-electron chi connectivity index (χ4n) is 2.26. The van der Waals surface area contributed by atoms with Gasteiger partial charge >= 0.3 is 0 Å². The van der Waals surface area contributed by atoms with Gasteiger partial charge in [-0.25, -0.2) is 9.37 Å². The molecule has 0 saturated heterocycles. The highest BCUT2D eigenvalue weighted by atomic mass is 19.1. The number of hydrogen-bond acceptors (Lipinski definition) is 3. The van der Waals surface area contributed by atoms with E-state index in [0.717, 1.165) is 5.56 Å². The molecular weight excluding hydrogens is 259 g/mol. The number of nitrogens with zero attached hydrogens (tertiary/aromatic N) is 2. The van der Waals surface area contributed by atoms with E-state index in [1.54, 1.807) is 0 Å². The maximum atomic E-state index is 13.7. The van der Waals surface area contributed by atoms with Crippen LogP contribution in [0.5, 0.6) is 5.75 Å². The lowest BCUT2D eigenvalue weighted by Crippen LogP contribution is -2.39. The third kappa shape index (κ3) is 2.11. The number of aromatic nitrogens is 1. The summed E-state index contributed by atoms with van der Waals surface area (Å²) in [5.41, 5.74) is 0.987. The molecule has 1 atom stereocenters. The van der Waals surface area contributed by atoms with Crippen molar-refractivity contribution < 1.29 is 13.9 Å². The van der Waals surface area contributed by atoms with Gasteiger partial charge in [-0.1, -0.05) is 18.2 Å². The van der Waals surface area contributed by atoms with E-state index >= 15 is 0 Å². The molecule has 0 fully saturated rings. The number of ether oxygens (including phenoxy) is 1. The molecule has 3 rings (SSSR count). The third-order valence-electron chi connectivity index (χ3n) is 3.31. The summed E-state index contributed by atoms with van der Waals surface area (Å²) in [6.07, 6.45) is 1.32. The number of para-hydroxylation sites is 1. The molecule has 0 radical (unpaired) electrons. The lowest BCUT2D eigenvalue weighted by molar-refractivity contribution is -0.124. The molecule has 1 aliphatic rings. The maximum absolute atomic E-state index is 13.7. The van der Waals surface area contributed by atoms with Gasteiger partial charge in [0.15, 0.2) is 17.7 Å². The van der Waals surface area contributed by atoms with Crippen molar-refractivity contribution >= 4 is 11.7 Å². The van der Waals surface area contributed by atoms with Gasteiger partial charge in [0.2, 0.25) is 0 Å². The van der Waals surface area contributed by atoms with E-state index in [2.05, 4.69) is 4.98 Å². The summed E-state index contributed by atoms with van der Waals surface area (Å²) in [7, 11) is 1.50. The normalized spacial score (nSPS) is 16.4. The van der Waals surface area contributed by atoms with Crippen LogP contribution in [0.4, 0.5) is 10.2 Å². The minimum atomic E-state index is -0.626. The van der Waals surface area contributed by atoms with Crippen LogP contribution >= 0.6 is 0 Å². The van der Waals surface area contributed by atoms with Gasteiger partial charge in [-0.3, -0.25) is 9.69 Å². The largest absolute Gasteiger partial charge is 0.480 e. The minimum Gasteiger partial charge on any atom is -0.480 e. The molecule has 2 heterocycles. The first-order valence-electron chi connectivity index (χ1n) is 6.29. The zero-order valence-electron chi connectivity index (χ0n) is 10.9. The Bertz CT molecular complexity index is 635. The number of amides is 1. The summed E-state index contributed by atoms with van der Waals surface area (Å²) in [5.74, 6) is -0.115.